The molecule has 0 aliphatic heterocycles. The molecular weight excluding hydrogens is 509 g/mol. The van der Waals surface area contributed by atoms with Crippen molar-refractivity contribution < 1.29 is 22.0 Å². The van der Waals surface area contributed by atoms with Crippen LogP contribution in [0.3, 0.4) is 0 Å². The molecule has 0 bridgehead atoms. The molecular formula is C26H36BrF3O2Si. The van der Waals surface area contributed by atoms with Crippen LogP contribution in [0.25, 0.3) is 0 Å². The Hall–Kier alpha value is -1.15. The van der Waals surface area contributed by atoms with Crippen LogP contribution in [0.4, 0.5) is 13.2 Å². The minimum Gasteiger partial charge on any atom is -0.388 e. The average Bonchev–Trinajstić information content (AvgIpc) is 2.82. The molecule has 0 radical (unpaired) electrons. The zero-order valence-electron chi connectivity index (χ0n) is 19.5. The fourth-order valence-corrected chi connectivity index (χ4v) is 7.90. The Morgan fingerprint density at radius 3 is 1.64 bits per heavy atom. The Morgan fingerprint density at radius 2 is 1.21 bits per heavy atom. The Bertz CT molecular complexity index is 720. The number of hydrogen-bond acceptors (Lipinski definition) is 2. The molecule has 1 atom stereocenters. The van der Waals surface area contributed by atoms with Crippen molar-refractivity contribution in [2.75, 3.05) is 11.9 Å². The highest BCUT2D eigenvalue weighted by Gasteiger charge is 2.51. The molecule has 2 aromatic carbocycles. The van der Waals surface area contributed by atoms with Crippen molar-refractivity contribution >= 4 is 34.9 Å². The molecule has 184 valence electrons. The van der Waals surface area contributed by atoms with Gasteiger partial charge in [0, 0.05) is 11.9 Å². The zero-order chi connectivity index (χ0) is 24.0. The van der Waals surface area contributed by atoms with E-state index in [1.165, 1.54) is 38.5 Å². The summed E-state index contributed by atoms with van der Waals surface area (Å²) < 4.78 is 53.5. The fourth-order valence-electron chi connectivity index (χ4n) is 3.83. The maximum absolute atomic E-state index is 13.7. The third kappa shape index (κ3) is 9.19. The number of halogens is 4. The maximum Gasteiger partial charge on any atom is 0.414 e. The lowest BCUT2D eigenvalue weighted by Gasteiger charge is -2.35. The molecule has 0 fully saturated rings. The summed E-state index contributed by atoms with van der Waals surface area (Å²) in [7, 11) is -3.58. The minimum atomic E-state index is -4.49. The van der Waals surface area contributed by atoms with Gasteiger partial charge in [0.05, 0.1) is 0 Å². The molecule has 2 rings (SSSR count). The molecule has 33 heavy (non-hydrogen) atoms. The van der Waals surface area contributed by atoms with E-state index in [1.807, 2.05) is 60.7 Å². The van der Waals surface area contributed by atoms with Crippen LogP contribution >= 0.6 is 15.9 Å². The van der Waals surface area contributed by atoms with Crippen LogP contribution in [-0.4, -0.2) is 32.8 Å². The molecule has 0 aliphatic rings. The first kappa shape index (κ1) is 28.1. The molecule has 0 spiro atoms. The monoisotopic (exact) mass is 544 g/mol. The van der Waals surface area contributed by atoms with Crippen LogP contribution in [-0.2, 0) is 8.85 Å². The molecule has 0 saturated carbocycles. The van der Waals surface area contributed by atoms with E-state index in [4.69, 9.17) is 8.85 Å². The molecule has 0 aromatic heterocycles. The van der Waals surface area contributed by atoms with Crippen molar-refractivity contribution in [2.24, 2.45) is 0 Å². The van der Waals surface area contributed by atoms with E-state index in [0.717, 1.165) is 19.3 Å². The number of alkyl halides is 4. The molecule has 2 aromatic rings. The van der Waals surface area contributed by atoms with Gasteiger partial charge in [-0.15, -0.1) is 0 Å². The number of hydrogen-bond donors (Lipinski definition) is 0. The van der Waals surface area contributed by atoms with Gasteiger partial charge in [-0.25, -0.2) is 0 Å². The van der Waals surface area contributed by atoms with Gasteiger partial charge in [-0.05, 0) is 16.8 Å². The lowest BCUT2D eigenvalue weighted by molar-refractivity contribution is -0.192. The molecule has 0 saturated heterocycles. The molecule has 0 aliphatic carbocycles. The Morgan fingerprint density at radius 1 is 0.758 bits per heavy atom. The summed E-state index contributed by atoms with van der Waals surface area (Å²) in [5.74, 6) is 0. The lowest BCUT2D eigenvalue weighted by Crippen LogP contribution is -2.66. The highest BCUT2D eigenvalue weighted by molar-refractivity contribution is 9.09. The summed E-state index contributed by atoms with van der Waals surface area (Å²) in [5.41, 5.74) is 0. The van der Waals surface area contributed by atoms with Crippen molar-refractivity contribution in [3.63, 3.8) is 0 Å². The van der Waals surface area contributed by atoms with Crippen molar-refractivity contribution in [3.8, 4) is 0 Å². The second-order valence-corrected chi connectivity index (χ2v) is 11.9. The van der Waals surface area contributed by atoms with E-state index < -0.39 is 20.8 Å². The number of benzene rings is 2. The normalized spacial score (nSPS) is 13.2. The zero-order valence-corrected chi connectivity index (χ0v) is 22.0. The topological polar surface area (TPSA) is 18.5 Å². The molecule has 0 N–H and O–H groups in total. The summed E-state index contributed by atoms with van der Waals surface area (Å²) in [4.78, 5) is 0. The fraction of sp³-hybridized carbons (Fsp3) is 0.538. The highest BCUT2D eigenvalue weighted by Crippen LogP contribution is 2.28. The summed E-state index contributed by atoms with van der Waals surface area (Å²) in [5, 5.41) is 1.02. The Balaban J connectivity index is 2.13. The van der Waals surface area contributed by atoms with E-state index >= 15 is 0 Å². The molecule has 0 heterocycles. The SMILES string of the molecule is CCCCCCCCCCCO[Si](OC(CBr)C(F)(F)F)(c1ccccc1)c1ccccc1. The van der Waals surface area contributed by atoms with Gasteiger partial charge in [0.2, 0.25) is 0 Å². The summed E-state index contributed by atoms with van der Waals surface area (Å²) in [6.45, 7) is 2.59. The largest absolute Gasteiger partial charge is 0.414 e. The predicted molar refractivity (Wildman–Crippen MR) is 136 cm³/mol. The number of rotatable bonds is 16. The Labute approximate surface area is 206 Å². The van der Waals surface area contributed by atoms with Crippen LogP contribution in [0.5, 0.6) is 0 Å². The van der Waals surface area contributed by atoms with Gasteiger partial charge >= 0.3 is 14.7 Å². The molecule has 1 unspecified atom stereocenters. The second-order valence-electron chi connectivity index (χ2n) is 8.33. The third-order valence-electron chi connectivity index (χ3n) is 5.67. The van der Waals surface area contributed by atoms with E-state index in [2.05, 4.69) is 22.9 Å². The second kappa shape index (κ2) is 15.0. The van der Waals surface area contributed by atoms with Crippen LogP contribution in [0.2, 0.25) is 0 Å². The third-order valence-corrected chi connectivity index (χ3v) is 9.68. The van der Waals surface area contributed by atoms with Crippen LogP contribution in [0, 0.1) is 0 Å². The van der Waals surface area contributed by atoms with Gasteiger partial charge in [-0.2, -0.15) is 13.2 Å². The van der Waals surface area contributed by atoms with E-state index in [-0.39, 0.29) is 5.33 Å². The van der Waals surface area contributed by atoms with E-state index in [1.54, 1.807) is 0 Å². The van der Waals surface area contributed by atoms with Crippen LogP contribution in [0.15, 0.2) is 60.7 Å². The summed E-state index contributed by atoms with van der Waals surface area (Å²) in [6, 6.07) is 18.2. The standard InChI is InChI=1S/C26H36BrF3O2Si/c1-2-3-4-5-6-7-8-9-16-21-31-33(23-17-12-10-13-18-23,24-19-14-11-15-20-24)32-25(22-27)26(28,29)30/h10-15,17-20,25H,2-9,16,21-22H2,1H3. The van der Waals surface area contributed by atoms with Crippen molar-refractivity contribution in [3.05, 3.63) is 60.7 Å². The highest BCUT2D eigenvalue weighted by atomic mass is 79.9. The molecule has 0 amide bonds. The van der Waals surface area contributed by atoms with Crippen molar-refractivity contribution in [2.45, 2.75) is 77.0 Å². The maximum atomic E-state index is 13.7. The van der Waals surface area contributed by atoms with E-state index in [9.17, 15) is 13.2 Å². The van der Waals surface area contributed by atoms with Gasteiger partial charge < -0.3 is 8.85 Å². The first-order valence-corrected chi connectivity index (χ1v) is 14.9. The molecule has 2 nitrogen and oxygen atoms in total. The van der Waals surface area contributed by atoms with Crippen molar-refractivity contribution in [1.29, 1.82) is 0 Å². The quantitative estimate of drug-likeness (QED) is 0.127. The van der Waals surface area contributed by atoms with E-state index in [0.29, 0.717) is 17.0 Å². The molecule has 7 heteroatoms. The summed E-state index contributed by atoms with van der Waals surface area (Å²) in [6.07, 6.45) is 4.04. The first-order chi connectivity index (χ1) is 15.9. The average molecular weight is 546 g/mol. The minimum absolute atomic E-state index is 0.341. The summed E-state index contributed by atoms with van der Waals surface area (Å²) >= 11 is 3.00. The lowest BCUT2D eigenvalue weighted by atomic mass is 10.1. The number of unbranched alkanes of at least 4 members (excludes halogenated alkanes) is 8. The van der Waals surface area contributed by atoms with Gasteiger partial charge in [0.1, 0.15) is 0 Å². The Kier molecular flexibility index (Phi) is 12.7. The predicted octanol–water partition coefficient (Wildman–Crippen LogP) is 7.13. The van der Waals surface area contributed by atoms with Crippen LogP contribution in [0.1, 0.15) is 64.7 Å². The van der Waals surface area contributed by atoms with Gasteiger partial charge in [0.15, 0.2) is 6.10 Å². The van der Waals surface area contributed by atoms with Crippen LogP contribution < -0.4 is 10.4 Å². The van der Waals surface area contributed by atoms with Gasteiger partial charge in [-0.3, -0.25) is 0 Å². The van der Waals surface area contributed by atoms with Gasteiger partial charge in [0.25, 0.3) is 0 Å². The first-order valence-electron chi connectivity index (χ1n) is 12.0. The van der Waals surface area contributed by atoms with Crippen molar-refractivity contribution in [1.82, 2.24) is 0 Å². The smallest absolute Gasteiger partial charge is 0.388 e. The van der Waals surface area contributed by atoms with Gasteiger partial charge in [-0.1, -0.05) is 135 Å².